The molecule has 0 heterocycles. The van der Waals surface area contributed by atoms with Crippen LogP contribution in [0.3, 0.4) is 0 Å². The van der Waals surface area contributed by atoms with Gasteiger partial charge in [-0.25, -0.2) is 0 Å². The molecule has 6 atom stereocenters. The van der Waals surface area contributed by atoms with Crippen molar-refractivity contribution in [2.45, 2.75) is 37.2 Å². The van der Waals surface area contributed by atoms with Gasteiger partial charge in [-0.1, -0.05) is 30.3 Å². The van der Waals surface area contributed by atoms with Gasteiger partial charge < -0.3 is 21.3 Å². The molecular weight excluding hydrogens is 571 g/mol. The zero-order chi connectivity index (χ0) is 31.6. The number of rotatable bonds is 6. The molecule has 2 aromatic rings. The number of aromatic hydroxyl groups is 1. The number of benzene rings is 2. The van der Waals surface area contributed by atoms with E-state index in [9.17, 15) is 47.4 Å². The van der Waals surface area contributed by atoms with E-state index >= 15 is 0 Å². The predicted octanol–water partition coefficient (Wildman–Crippen LogP) is 1.19. The molecular formula is C30H30F3N3O7. The summed E-state index contributed by atoms with van der Waals surface area (Å²) in [7, 11) is 3.01. The number of phenolic OH excluding ortho intramolecular Hbond substituents is 1. The summed E-state index contributed by atoms with van der Waals surface area (Å²) in [5.41, 5.74) is 4.56. The number of hydrogen-bond acceptors (Lipinski definition) is 9. The fourth-order valence-corrected chi connectivity index (χ4v) is 7.03. The average molecular weight is 602 g/mol. The molecule has 0 spiro atoms. The Kier molecular flexibility index (Phi) is 7.56. The fourth-order valence-electron chi connectivity index (χ4n) is 7.03. The van der Waals surface area contributed by atoms with Crippen LogP contribution in [0.15, 0.2) is 36.4 Å². The molecule has 13 heteroatoms. The van der Waals surface area contributed by atoms with Gasteiger partial charge in [0.25, 0.3) is 0 Å². The molecule has 1 amide bonds. The summed E-state index contributed by atoms with van der Waals surface area (Å²) in [5, 5.41) is 24.7. The van der Waals surface area contributed by atoms with E-state index in [0.717, 1.165) is 0 Å². The molecule has 0 saturated heterocycles. The van der Waals surface area contributed by atoms with Gasteiger partial charge in [0.2, 0.25) is 5.91 Å². The maximum absolute atomic E-state index is 13.9. The first-order chi connectivity index (χ1) is 20.1. The van der Waals surface area contributed by atoms with Crippen LogP contribution in [-0.4, -0.2) is 82.6 Å². The lowest BCUT2D eigenvalue weighted by Crippen LogP contribution is -2.74. The molecule has 3 aliphatic rings. The van der Waals surface area contributed by atoms with Crippen LogP contribution < -0.4 is 11.1 Å². The lowest BCUT2D eigenvalue weighted by atomic mass is 9.52. The number of halogens is 3. The third-order valence-corrected chi connectivity index (χ3v) is 8.86. The van der Waals surface area contributed by atoms with Gasteiger partial charge >= 0.3 is 6.18 Å². The Labute approximate surface area is 244 Å². The number of carbonyl (C=O) groups excluding carboxylic acids is 5. The van der Waals surface area contributed by atoms with Crippen molar-refractivity contribution in [1.82, 2.24) is 10.2 Å². The van der Waals surface area contributed by atoms with Crippen molar-refractivity contribution >= 4 is 29.0 Å². The number of nitrogens with zero attached hydrogens (tertiary/aromatic N) is 1. The molecule has 0 bridgehead atoms. The number of likely N-dealkylation sites (N-methyl/N-ethyl adjacent to an activating group) is 1. The molecule has 2 aromatic carbocycles. The standard InChI is InChI=1S/C30H30F3N3O7/c1-36(2)23-18-10-15-9-17-16(14-5-3-13(4-6-14)11-35-12-29(31,32)33)7-8-19(37)21(17)24(38)20(15)26(40)30(18,43)27(41)22(25(23)39)28(34)42/h3-8,15,18,20,22-23,35,37,43H,9-12H2,1-2H3,(H2,34,42)/t15-,18-,20?,22?,23-,30-/m0/s1. The summed E-state index contributed by atoms with van der Waals surface area (Å²) in [6.45, 7) is -1.17. The molecule has 228 valence electrons. The number of carbonyl (C=O) groups is 5. The van der Waals surface area contributed by atoms with E-state index in [-0.39, 0.29) is 24.9 Å². The summed E-state index contributed by atoms with van der Waals surface area (Å²) in [6, 6.07) is 8.27. The zero-order valence-electron chi connectivity index (χ0n) is 23.3. The van der Waals surface area contributed by atoms with E-state index in [1.165, 1.54) is 25.1 Å². The Bertz CT molecular complexity index is 1540. The number of amides is 1. The van der Waals surface area contributed by atoms with E-state index < -0.39 is 82.8 Å². The quantitative estimate of drug-likeness (QED) is 0.356. The number of primary amides is 1. The molecule has 2 fully saturated rings. The van der Waals surface area contributed by atoms with Crippen molar-refractivity contribution in [2.75, 3.05) is 20.6 Å². The van der Waals surface area contributed by atoms with Gasteiger partial charge in [-0.3, -0.25) is 28.9 Å². The normalized spacial score (nSPS) is 28.9. The number of phenols is 1. The molecule has 0 aliphatic heterocycles. The van der Waals surface area contributed by atoms with Gasteiger partial charge in [0.1, 0.15) is 5.75 Å². The Morgan fingerprint density at radius 1 is 1.07 bits per heavy atom. The van der Waals surface area contributed by atoms with E-state index in [0.29, 0.717) is 22.3 Å². The van der Waals surface area contributed by atoms with E-state index in [1.54, 1.807) is 30.3 Å². The number of nitrogens with two attached hydrogens (primary N) is 1. The van der Waals surface area contributed by atoms with Gasteiger partial charge in [0, 0.05) is 12.5 Å². The molecule has 3 aliphatic carbocycles. The predicted molar refractivity (Wildman–Crippen MR) is 145 cm³/mol. The minimum Gasteiger partial charge on any atom is -0.507 e. The highest BCUT2D eigenvalue weighted by molar-refractivity contribution is 6.32. The number of ketones is 4. The van der Waals surface area contributed by atoms with Crippen molar-refractivity contribution in [3.8, 4) is 16.9 Å². The monoisotopic (exact) mass is 601 g/mol. The first-order valence-corrected chi connectivity index (χ1v) is 13.6. The van der Waals surface area contributed by atoms with Crippen molar-refractivity contribution < 1.29 is 47.4 Å². The van der Waals surface area contributed by atoms with E-state index in [1.807, 2.05) is 0 Å². The van der Waals surface area contributed by atoms with Crippen LogP contribution in [0.25, 0.3) is 11.1 Å². The second kappa shape index (κ2) is 10.6. The summed E-state index contributed by atoms with van der Waals surface area (Å²) in [5.74, 6) is -11.3. The molecule has 43 heavy (non-hydrogen) atoms. The largest absolute Gasteiger partial charge is 0.507 e. The molecule has 10 nitrogen and oxygen atoms in total. The molecule has 0 radical (unpaired) electrons. The number of Topliss-reactive ketones (excluding diaryl/α,β-unsaturated/α-hetero) is 4. The highest BCUT2D eigenvalue weighted by Crippen LogP contribution is 2.51. The second-order valence-electron chi connectivity index (χ2n) is 11.7. The SMILES string of the molecule is CN(C)[C@@H]1C(=O)C(C(N)=O)C(=O)[C@@]2(O)C(=O)C3C(=O)c4c(O)ccc(-c5ccc(CNCC(F)(F)F)cc5)c4C[C@H]3C[C@@H]12. The molecule has 5 rings (SSSR count). The third kappa shape index (κ3) is 4.94. The van der Waals surface area contributed by atoms with Crippen LogP contribution in [0.1, 0.15) is 27.9 Å². The topological polar surface area (TPSA) is 167 Å². The Hall–Kier alpha value is -3.94. The molecule has 5 N–H and O–H groups in total. The number of alkyl halides is 3. The number of fused-ring (bicyclic) bond motifs is 3. The lowest BCUT2D eigenvalue weighted by Gasteiger charge is -2.52. The number of hydrogen-bond donors (Lipinski definition) is 4. The summed E-state index contributed by atoms with van der Waals surface area (Å²) >= 11 is 0. The van der Waals surface area contributed by atoms with Crippen molar-refractivity contribution in [3.63, 3.8) is 0 Å². The Balaban J connectivity index is 1.52. The van der Waals surface area contributed by atoms with Gasteiger partial charge in [-0.15, -0.1) is 0 Å². The van der Waals surface area contributed by atoms with Gasteiger partial charge in [-0.05, 0) is 61.2 Å². The van der Waals surface area contributed by atoms with Crippen LogP contribution in [-0.2, 0) is 32.1 Å². The molecule has 2 unspecified atom stereocenters. The first-order valence-electron chi connectivity index (χ1n) is 13.6. The highest BCUT2D eigenvalue weighted by atomic mass is 19.4. The van der Waals surface area contributed by atoms with Crippen LogP contribution in [0.4, 0.5) is 13.2 Å². The second-order valence-corrected chi connectivity index (χ2v) is 11.7. The number of aliphatic hydroxyl groups is 1. The third-order valence-electron chi connectivity index (χ3n) is 8.86. The maximum atomic E-state index is 13.9. The molecule has 2 saturated carbocycles. The Morgan fingerprint density at radius 3 is 2.30 bits per heavy atom. The van der Waals surface area contributed by atoms with Crippen LogP contribution in [0.2, 0.25) is 0 Å². The van der Waals surface area contributed by atoms with E-state index in [4.69, 9.17) is 5.73 Å². The smallest absolute Gasteiger partial charge is 0.401 e. The molecule has 0 aromatic heterocycles. The first kappa shape index (κ1) is 30.5. The number of nitrogens with one attached hydrogen (secondary N) is 1. The maximum Gasteiger partial charge on any atom is 0.401 e. The minimum absolute atomic E-state index is 0.0246. The van der Waals surface area contributed by atoms with Crippen LogP contribution in [0, 0.1) is 23.7 Å². The lowest BCUT2D eigenvalue weighted by molar-refractivity contribution is -0.181. The van der Waals surface area contributed by atoms with Gasteiger partial charge in [0.15, 0.2) is 34.7 Å². The average Bonchev–Trinajstić information content (AvgIpc) is 2.90. The van der Waals surface area contributed by atoms with Crippen molar-refractivity contribution in [3.05, 3.63) is 53.1 Å². The van der Waals surface area contributed by atoms with Crippen molar-refractivity contribution in [1.29, 1.82) is 0 Å². The van der Waals surface area contributed by atoms with Crippen LogP contribution >= 0.6 is 0 Å². The summed E-state index contributed by atoms with van der Waals surface area (Å²) in [4.78, 5) is 67.9. The summed E-state index contributed by atoms with van der Waals surface area (Å²) < 4.78 is 37.4. The minimum atomic E-state index is -4.35. The van der Waals surface area contributed by atoms with Gasteiger partial charge in [0.05, 0.1) is 24.1 Å². The fraction of sp³-hybridized carbons (Fsp3) is 0.433. The van der Waals surface area contributed by atoms with E-state index in [2.05, 4.69) is 5.32 Å². The highest BCUT2D eigenvalue weighted by Gasteiger charge is 2.69. The zero-order valence-corrected chi connectivity index (χ0v) is 23.3. The Morgan fingerprint density at radius 2 is 1.72 bits per heavy atom. The van der Waals surface area contributed by atoms with Crippen molar-refractivity contribution in [2.24, 2.45) is 29.4 Å². The van der Waals surface area contributed by atoms with Gasteiger partial charge in [-0.2, -0.15) is 13.2 Å². The summed E-state index contributed by atoms with van der Waals surface area (Å²) in [6.07, 6.45) is -4.34. The van der Waals surface area contributed by atoms with Crippen LogP contribution in [0.5, 0.6) is 5.75 Å².